The first-order valence-corrected chi connectivity index (χ1v) is 5.62. The van der Waals surface area contributed by atoms with Gasteiger partial charge in [-0.3, -0.25) is 9.59 Å². The van der Waals surface area contributed by atoms with Crippen LogP contribution in [0, 0.1) is 6.92 Å². The average molecular weight is 235 g/mol. The molecule has 1 N–H and O–H groups in total. The summed E-state index contributed by atoms with van der Waals surface area (Å²) in [7, 11) is 0. The monoisotopic (exact) mass is 235 g/mol. The quantitative estimate of drug-likeness (QED) is 0.801. The van der Waals surface area contributed by atoms with Gasteiger partial charge in [0.25, 0.3) is 0 Å². The Morgan fingerprint density at radius 3 is 2.47 bits per heavy atom. The number of likely N-dealkylation sites (N-methyl/N-ethyl adjacent to an activating group) is 1. The molecule has 0 aliphatic rings. The Morgan fingerprint density at radius 1 is 1.29 bits per heavy atom. The number of amides is 2. The second-order valence-corrected chi connectivity index (χ2v) is 3.60. The Hall–Kier alpha value is -1.91. The Kier molecular flexibility index (Phi) is 4.63. The summed E-state index contributed by atoms with van der Waals surface area (Å²) in [6.07, 6.45) is 0. The van der Waals surface area contributed by atoms with Crippen LogP contribution in [0.5, 0.6) is 0 Å². The summed E-state index contributed by atoms with van der Waals surface area (Å²) in [6.45, 7) is 6.52. The molecule has 0 fully saturated rings. The second kappa shape index (κ2) is 5.98. The smallest absolute Gasteiger partial charge is 0.315 e. The fraction of sp³-hybridized carbons (Fsp3) is 0.417. The highest BCUT2D eigenvalue weighted by Gasteiger charge is 2.19. The number of nitrogens with zero attached hydrogens (tertiary/aromatic N) is 2. The van der Waals surface area contributed by atoms with Crippen molar-refractivity contribution < 1.29 is 9.59 Å². The molecule has 0 saturated heterocycles. The van der Waals surface area contributed by atoms with Gasteiger partial charge in [0.2, 0.25) is 0 Å². The first kappa shape index (κ1) is 13.2. The molecule has 0 atom stereocenters. The summed E-state index contributed by atoms with van der Waals surface area (Å²) in [5.41, 5.74) is 0.790. The maximum absolute atomic E-state index is 11.7. The van der Waals surface area contributed by atoms with Gasteiger partial charge in [-0.2, -0.15) is 0 Å². The summed E-state index contributed by atoms with van der Waals surface area (Å²) in [5, 5.41) is 2.49. The molecule has 0 radical (unpaired) electrons. The van der Waals surface area contributed by atoms with Crippen molar-refractivity contribution in [1.29, 1.82) is 0 Å². The van der Waals surface area contributed by atoms with E-state index in [1.54, 1.807) is 12.1 Å². The molecule has 0 unspecified atom stereocenters. The predicted molar refractivity (Wildman–Crippen MR) is 65.5 cm³/mol. The van der Waals surface area contributed by atoms with E-state index in [4.69, 9.17) is 0 Å². The third-order valence-corrected chi connectivity index (χ3v) is 2.37. The Labute approximate surface area is 101 Å². The summed E-state index contributed by atoms with van der Waals surface area (Å²) in [4.78, 5) is 28.9. The Balaban J connectivity index is 2.69. The van der Waals surface area contributed by atoms with Crippen molar-refractivity contribution in [2.24, 2.45) is 0 Å². The molecule has 5 heteroatoms. The molecule has 92 valence electrons. The van der Waals surface area contributed by atoms with Gasteiger partial charge >= 0.3 is 11.8 Å². The Morgan fingerprint density at radius 2 is 1.94 bits per heavy atom. The molecular formula is C12H17N3O2. The number of hydrogen-bond donors (Lipinski definition) is 1. The summed E-state index contributed by atoms with van der Waals surface area (Å²) in [6, 6.07) is 5.25. The largest absolute Gasteiger partial charge is 0.335 e. The van der Waals surface area contributed by atoms with Crippen LogP contribution in [0.2, 0.25) is 0 Å². The third-order valence-electron chi connectivity index (χ3n) is 2.37. The van der Waals surface area contributed by atoms with Gasteiger partial charge in [-0.05, 0) is 32.9 Å². The van der Waals surface area contributed by atoms with Crippen molar-refractivity contribution in [3.8, 4) is 0 Å². The van der Waals surface area contributed by atoms with E-state index in [0.29, 0.717) is 18.9 Å². The maximum atomic E-state index is 11.7. The summed E-state index contributed by atoms with van der Waals surface area (Å²) < 4.78 is 0. The van der Waals surface area contributed by atoms with E-state index >= 15 is 0 Å². The summed E-state index contributed by atoms with van der Waals surface area (Å²) >= 11 is 0. The number of nitrogens with one attached hydrogen (secondary N) is 1. The molecule has 0 spiro atoms. The number of anilines is 1. The highest BCUT2D eigenvalue weighted by Crippen LogP contribution is 2.04. The molecule has 1 rings (SSSR count). The van der Waals surface area contributed by atoms with E-state index in [9.17, 15) is 9.59 Å². The lowest BCUT2D eigenvalue weighted by molar-refractivity contribution is -0.142. The van der Waals surface area contributed by atoms with Crippen LogP contribution < -0.4 is 5.32 Å². The van der Waals surface area contributed by atoms with E-state index in [1.807, 2.05) is 26.8 Å². The number of rotatable bonds is 3. The minimum Gasteiger partial charge on any atom is -0.335 e. The Bertz CT molecular complexity index is 414. The third kappa shape index (κ3) is 3.55. The van der Waals surface area contributed by atoms with E-state index in [0.717, 1.165) is 5.69 Å². The van der Waals surface area contributed by atoms with Gasteiger partial charge in [0.15, 0.2) is 0 Å². The number of pyridine rings is 1. The van der Waals surface area contributed by atoms with Crippen LogP contribution in [-0.2, 0) is 9.59 Å². The number of aryl methyl sites for hydroxylation is 1. The molecule has 0 aliphatic heterocycles. The second-order valence-electron chi connectivity index (χ2n) is 3.60. The molecule has 5 nitrogen and oxygen atoms in total. The van der Waals surface area contributed by atoms with Gasteiger partial charge in [0, 0.05) is 18.8 Å². The standard InChI is InChI=1S/C12H17N3O2/c1-4-15(5-2)12(17)11(16)14-10-8-6-7-9(3)13-10/h6-8H,4-5H2,1-3H3,(H,13,14,16). The highest BCUT2D eigenvalue weighted by molar-refractivity contribution is 6.39. The van der Waals surface area contributed by atoms with Crippen LogP contribution in [0.1, 0.15) is 19.5 Å². The molecular weight excluding hydrogens is 218 g/mol. The maximum Gasteiger partial charge on any atom is 0.315 e. The zero-order valence-corrected chi connectivity index (χ0v) is 10.4. The van der Waals surface area contributed by atoms with Gasteiger partial charge in [-0.15, -0.1) is 0 Å². The molecule has 1 heterocycles. The van der Waals surface area contributed by atoms with Gasteiger partial charge in [0.1, 0.15) is 5.82 Å². The molecule has 1 aromatic rings. The molecule has 0 saturated carbocycles. The van der Waals surface area contributed by atoms with Gasteiger partial charge in [-0.25, -0.2) is 4.98 Å². The number of carbonyl (C=O) groups is 2. The fourth-order valence-corrected chi connectivity index (χ4v) is 1.44. The fourth-order valence-electron chi connectivity index (χ4n) is 1.44. The lowest BCUT2D eigenvalue weighted by Gasteiger charge is -2.17. The first-order valence-electron chi connectivity index (χ1n) is 5.62. The van der Waals surface area contributed by atoms with Crippen molar-refractivity contribution in [2.75, 3.05) is 18.4 Å². The lowest BCUT2D eigenvalue weighted by atomic mass is 10.3. The van der Waals surface area contributed by atoms with Crippen molar-refractivity contribution in [3.05, 3.63) is 23.9 Å². The predicted octanol–water partition coefficient (Wildman–Crippen LogP) is 1.20. The van der Waals surface area contributed by atoms with E-state index in [-0.39, 0.29) is 0 Å². The van der Waals surface area contributed by atoms with Crippen LogP contribution >= 0.6 is 0 Å². The zero-order valence-electron chi connectivity index (χ0n) is 10.4. The minimum atomic E-state index is -0.646. The van der Waals surface area contributed by atoms with Crippen LogP contribution in [0.25, 0.3) is 0 Å². The van der Waals surface area contributed by atoms with E-state index in [2.05, 4.69) is 10.3 Å². The normalized spacial score (nSPS) is 9.82. The molecule has 2 amide bonds. The van der Waals surface area contributed by atoms with Gasteiger partial charge < -0.3 is 10.2 Å². The van der Waals surface area contributed by atoms with Crippen LogP contribution in [-0.4, -0.2) is 34.8 Å². The van der Waals surface area contributed by atoms with Crippen LogP contribution in [0.15, 0.2) is 18.2 Å². The average Bonchev–Trinajstić information content (AvgIpc) is 2.30. The van der Waals surface area contributed by atoms with Crippen molar-refractivity contribution >= 4 is 17.6 Å². The lowest BCUT2D eigenvalue weighted by Crippen LogP contribution is -2.39. The van der Waals surface area contributed by atoms with Crippen LogP contribution in [0.4, 0.5) is 5.82 Å². The van der Waals surface area contributed by atoms with Crippen molar-refractivity contribution in [2.45, 2.75) is 20.8 Å². The SMILES string of the molecule is CCN(CC)C(=O)C(=O)Nc1cccc(C)n1. The van der Waals surface area contributed by atoms with Gasteiger partial charge in [-0.1, -0.05) is 6.07 Å². The molecule has 0 bridgehead atoms. The van der Waals surface area contributed by atoms with Gasteiger partial charge in [0.05, 0.1) is 0 Å². The molecule has 17 heavy (non-hydrogen) atoms. The number of carbonyl (C=O) groups excluding carboxylic acids is 2. The van der Waals surface area contributed by atoms with Crippen LogP contribution in [0.3, 0.4) is 0 Å². The van der Waals surface area contributed by atoms with E-state index in [1.165, 1.54) is 4.90 Å². The number of hydrogen-bond acceptors (Lipinski definition) is 3. The highest BCUT2D eigenvalue weighted by atomic mass is 16.2. The minimum absolute atomic E-state index is 0.399. The molecule has 1 aromatic heterocycles. The zero-order chi connectivity index (χ0) is 12.8. The molecule has 0 aromatic carbocycles. The van der Waals surface area contributed by atoms with Crippen molar-refractivity contribution in [1.82, 2.24) is 9.88 Å². The topological polar surface area (TPSA) is 62.3 Å². The summed E-state index contributed by atoms with van der Waals surface area (Å²) in [5.74, 6) is -0.777. The van der Waals surface area contributed by atoms with E-state index < -0.39 is 11.8 Å². The van der Waals surface area contributed by atoms with Crippen molar-refractivity contribution in [3.63, 3.8) is 0 Å². The molecule has 0 aliphatic carbocycles. The first-order chi connectivity index (χ1) is 8.08. The number of aromatic nitrogens is 1.